The Morgan fingerprint density at radius 1 is 1.09 bits per heavy atom. The number of anilines is 2. The molecule has 3 amide bonds. The maximum absolute atomic E-state index is 12.3. The van der Waals surface area contributed by atoms with E-state index in [1.165, 1.54) is 7.11 Å². The largest absolute Gasteiger partial charge is 0.495 e. The molecule has 0 spiro atoms. The Hall–Kier alpha value is -4.24. The van der Waals surface area contributed by atoms with Crippen molar-refractivity contribution in [2.45, 2.75) is 32.3 Å². The maximum Gasteiger partial charge on any atom is 0.407 e. The zero-order valence-corrected chi connectivity index (χ0v) is 18.0. The fraction of sp³-hybridized carbons (Fsp3) is 0.304. The summed E-state index contributed by atoms with van der Waals surface area (Å²) in [6, 6.07) is 15.5. The van der Waals surface area contributed by atoms with Crippen molar-refractivity contribution in [1.82, 2.24) is 5.32 Å². The number of nitriles is 2. The number of nitrogens with zero attached hydrogens (tertiary/aromatic N) is 2. The van der Waals surface area contributed by atoms with Crippen LogP contribution >= 0.6 is 0 Å². The fourth-order valence-corrected chi connectivity index (χ4v) is 2.83. The first-order valence-electron chi connectivity index (χ1n) is 10.1. The second-order valence-corrected chi connectivity index (χ2v) is 6.78. The van der Waals surface area contributed by atoms with E-state index in [0.29, 0.717) is 42.1 Å². The van der Waals surface area contributed by atoms with E-state index in [4.69, 9.17) is 20.0 Å². The van der Waals surface area contributed by atoms with Crippen LogP contribution in [0.5, 0.6) is 5.75 Å². The van der Waals surface area contributed by atoms with E-state index in [-0.39, 0.29) is 6.42 Å². The monoisotopic (exact) mass is 435 g/mol. The molecule has 0 aromatic heterocycles. The first-order valence-corrected chi connectivity index (χ1v) is 10.1. The third kappa shape index (κ3) is 7.54. The lowest BCUT2D eigenvalue weighted by atomic mass is 10.1. The normalized spacial score (nSPS) is 10.8. The van der Waals surface area contributed by atoms with E-state index >= 15 is 0 Å². The van der Waals surface area contributed by atoms with E-state index < -0.39 is 18.2 Å². The minimum absolute atomic E-state index is 0.162. The number of carbonyl (C=O) groups is 2. The van der Waals surface area contributed by atoms with Crippen molar-refractivity contribution in [3.8, 4) is 17.9 Å². The summed E-state index contributed by atoms with van der Waals surface area (Å²) < 4.78 is 10.3. The topological polar surface area (TPSA) is 136 Å². The summed E-state index contributed by atoms with van der Waals surface area (Å²) in [5.74, 6) is 0.371. The molecule has 9 nitrogen and oxygen atoms in total. The van der Waals surface area contributed by atoms with Crippen molar-refractivity contribution in [3.63, 3.8) is 0 Å². The van der Waals surface area contributed by atoms with Crippen molar-refractivity contribution in [2.24, 2.45) is 0 Å². The van der Waals surface area contributed by atoms with Gasteiger partial charge in [-0.1, -0.05) is 19.1 Å². The van der Waals surface area contributed by atoms with Gasteiger partial charge in [-0.15, -0.1) is 0 Å². The maximum atomic E-state index is 12.3. The van der Waals surface area contributed by atoms with Crippen LogP contribution in [0.1, 0.15) is 30.9 Å². The van der Waals surface area contributed by atoms with Gasteiger partial charge in [0.05, 0.1) is 25.2 Å². The van der Waals surface area contributed by atoms with Crippen molar-refractivity contribution in [3.05, 3.63) is 53.6 Å². The Labute approximate surface area is 186 Å². The molecule has 0 heterocycles. The molecule has 0 radical (unpaired) electrons. The highest BCUT2D eigenvalue weighted by Gasteiger charge is 2.12. The van der Waals surface area contributed by atoms with Crippen LogP contribution in [-0.4, -0.2) is 31.9 Å². The molecule has 2 rings (SSSR count). The summed E-state index contributed by atoms with van der Waals surface area (Å²) in [7, 11) is 1.45. The molecule has 32 heavy (non-hydrogen) atoms. The summed E-state index contributed by atoms with van der Waals surface area (Å²) in [5.41, 5.74) is 2.35. The highest BCUT2D eigenvalue weighted by molar-refractivity contribution is 6.00. The highest BCUT2D eigenvalue weighted by Crippen LogP contribution is 2.22. The number of urea groups is 1. The van der Waals surface area contributed by atoms with Gasteiger partial charge >= 0.3 is 12.1 Å². The van der Waals surface area contributed by atoms with E-state index in [1.54, 1.807) is 36.4 Å². The molecule has 0 aliphatic carbocycles. The van der Waals surface area contributed by atoms with E-state index in [0.717, 1.165) is 5.56 Å². The zero-order valence-electron chi connectivity index (χ0n) is 18.0. The van der Waals surface area contributed by atoms with Crippen molar-refractivity contribution < 1.29 is 19.1 Å². The molecule has 2 aromatic carbocycles. The molecule has 0 aliphatic rings. The summed E-state index contributed by atoms with van der Waals surface area (Å²) in [6.45, 7) is 2.20. The summed E-state index contributed by atoms with van der Waals surface area (Å²) in [4.78, 5) is 24.1. The quantitative estimate of drug-likeness (QED) is 0.541. The molecular weight excluding hydrogens is 410 g/mol. The lowest BCUT2D eigenvalue weighted by Gasteiger charge is -2.14. The van der Waals surface area contributed by atoms with Crippen LogP contribution in [0.25, 0.3) is 0 Å². The molecule has 0 aliphatic heterocycles. The number of carbonyl (C=O) groups excluding carboxylic acids is 2. The summed E-state index contributed by atoms with van der Waals surface area (Å²) in [6.07, 6.45) is 0.301. The van der Waals surface area contributed by atoms with Crippen LogP contribution in [0.4, 0.5) is 21.0 Å². The van der Waals surface area contributed by atoms with Gasteiger partial charge in [0.15, 0.2) is 0 Å². The average Bonchev–Trinajstić information content (AvgIpc) is 2.78. The zero-order chi connectivity index (χ0) is 23.3. The number of hydrogen-bond acceptors (Lipinski definition) is 6. The first-order chi connectivity index (χ1) is 15.5. The molecule has 1 unspecified atom stereocenters. The fourth-order valence-electron chi connectivity index (χ4n) is 2.83. The van der Waals surface area contributed by atoms with Crippen LogP contribution in [-0.2, 0) is 11.2 Å². The second-order valence-electron chi connectivity index (χ2n) is 6.78. The number of hydrogen-bond donors (Lipinski definition) is 3. The van der Waals surface area contributed by atoms with Crippen LogP contribution < -0.4 is 20.7 Å². The second kappa shape index (κ2) is 12.5. The molecule has 9 heteroatoms. The van der Waals surface area contributed by atoms with Crippen LogP contribution in [0.15, 0.2) is 42.5 Å². The minimum atomic E-state index is -0.557. The molecule has 2 aromatic rings. The molecule has 0 saturated heterocycles. The lowest BCUT2D eigenvalue weighted by molar-refractivity contribution is 0.0977. The van der Waals surface area contributed by atoms with Crippen molar-refractivity contribution in [2.75, 3.05) is 24.3 Å². The Balaban J connectivity index is 1.86. The van der Waals surface area contributed by atoms with Gasteiger partial charge in [-0.05, 0) is 42.7 Å². The molecule has 0 saturated carbocycles. The predicted octanol–water partition coefficient (Wildman–Crippen LogP) is 4.17. The third-order valence-corrected chi connectivity index (χ3v) is 4.50. The standard InChI is InChI=1S/C23H25N5O4/c1-3-20(9-11-24)32-23(30)26-12-10-16-5-4-6-18(13-16)27-22(29)28-19-8-7-17(15-25)21(14-19)31-2/h4-8,13-14,20H,3,9-10,12H2,1-2H3,(H,26,30)(H2,27,28,29). The molecule has 0 fully saturated rings. The van der Waals surface area contributed by atoms with E-state index in [1.807, 2.05) is 25.1 Å². The number of benzene rings is 2. The first kappa shape index (κ1) is 24.0. The SMILES string of the molecule is CCC(CC#N)OC(=O)NCCc1cccc(NC(=O)Nc2ccc(C#N)c(OC)c2)c1. The third-order valence-electron chi connectivity index (χ3n) is 4.50. The summed E-state index contributed by atoms with van der Waals surface area (Å²) >= 11 is 0. The van der Waals surface area contributed by atoms with Crippen LogP contribution in [0.3, 0.4) is 0 Å². The Kier molecular flexibility index (Phi) is 9.35. The lowest BCUT2D eigenvalue weighted by Crippen LogP contribution is -2.30. The molecule has 166 valence electrons. The molecule has 0 bridgehead atoms. The molecule has 3 N–H and O–H groups in total. The Bertz CT molecular complexity index is 1030. The van der Waals surface area contributed by atoms with Crippen molar-refractivity contribution >= 4 is 23.5 Å². The van der Waals surface area contributed by atoms with Gasteiger partial charge in [0.2, 0.25) is 0 Å². The number of ether oxygens (including phenoxy) is 2. The van der Waals surface area contributed by atoms with Gasteiger partial charge in [-0.3, -0.25) is 0 Å². The predicted molar refractivity (Wildman–Crippen MR) is 119 cm³/mol. The minimum Gasteiger partial charge on any atom is -0.495 e. The van der Waals surface area contributed by atoms with E-state index in [9.17, 15) is 9.59 Å². The summed E-state index contributed by atoms with van der Waals surface area (Å²) in [5, 5.41) is 25.8. The number of nitrogens with one attached hydrogen (secondary N) is 3. The van der Waals surface area contributed by atoms with Gasteiger partial charge in [-0.2, -0.15) is 10.5 Å². The van der Waals surface area contributed by atoms with Crippen LogP contribution in [0.2, 0.25) is 0 Å². The van der Waals surface area contributed by atoms with Crippen LogP contribution in [0, 0.1) is 22.7 Å². The van der Waals surface area contributed by atoms with Gasteiger partial charge in [0.1, 0.15) is 17.9 Å². The molecular formula is C23H25N5O4. The molecule has 1 atom stereocenters. The van der Waals surface area contributed by atoms with Gasteiger partial charge in [-0.25, -0.2) is 9.59 Å². The average molecular weight is 435 g/mol. The number of alkyl carbamates (subject to hydrolysis) is 1. The van der Waals surface area contributed by atoms with Crippen molar-refractivity contribution in [1.29, 1.82) is 10.5 Å². The Morgan fingerprint density at radius 2 is 1.84 bits per heavy atom. The number of amides is 3. The highest BCUT2D eigenvalue weighted by atomic mass is 16.6. The Morgan fingerprint density at radius 3 is 2.50 bits per heavy atom. The number of rotatable bonds is 9. The number of methoxy groups -OCH3 is 1. The smallest absolute Gasteiger partial charge is 0.407 e. The van der Waals surface area contributed by atoms with Gasteiger partial charge < -0.3 is 25.4 Å². The van der Waals surface area contributed by atoms with E-state index in [2.05, 4.69) is 16.0 Å². The van der Waals surface area contributed by atoms with Gasteiger partial charge in [0, 0.05) is 24.0 Å². The van der Waals surface area contributed by atoms with Gasteiger partial charge in [0.25, 0.3) is 0 Å².